The molecule has 0 fully saturated rings. The van der Waals surface area contributed by atoms with Crippen LogP contribution in [0.25, 0.3) is 5.57 Å². The van der Waals surface area contributed by atoms with Gasteiger partial charge < -0.3 is 14.9 Å². The number of aliphatic hydroxyl groups excluding tert-OH is 2. The first kappa shape index (κ1) is 13.9. The second-order valence-electron chi connectivity index (χ2n) is 3.79. The molecule has 0 bridgehead atoms. The second-order valence-corrected chi connectivity index (χ2v) is 3.79. The van der Waals surface area contributed by atoms with E-state index < -0.39 is 6.10 Å². The van der Waals surface area contributed by atoms with E-state index in [9.17, 15) is 0 Å². The van der Waals surface area contributed by atoms with Gasteiger partial charge in [0.1, 0.15) is 6.10 Å². The Balaban J connectivity index is 2.45. The summed E-state index contributed by atoms with van der Waals surface area (Å²) < 4.78 is 5.35. The number of benzene rings is 1. The van der Waals surface area contributed by atoms with Crippen LogP contribution in [-0.4, -0.2) is 36.1 Å². The summed E-state index contributed by atoms with van der Waals surface area (Å²) >= 11 is 0. The molecule has 0 aliphatic rings. The normalized spacial score (nSPS) is 12.1. The van der Waals surface area contributed by atoms with Gasteiger partial charge in [-0.1, -0.05) is 36.4 Å². The van der Waals surface area contributed by atoms with Gasteiger partial charge in [-0.15, -0.1) is 0 Å². The minimum Gasteiger partial charge on any atom is -0.394 e. The Morgan fingerprint density at radius 1 is 1.24 bits per heavy atom. The monoisotopic (exact) mass is 236 g/mol. The molecule has 0 heterocycles. The van der Waals surface area contributed by atoms with Crippen molar-refractivity contribution in [3.8, 4) is 0 Å². The summed E-state index contributed by atoms with van der Waals surface area (Å²) in [5, 5.41) is 17.7. The zero-order valence-corrected chi connectivity index (χ0v) is 10.2. The van der Waals surface area contributed by atoms with Crippen molar-refractivity contribution in [3.05, 3.63) is 42.0 Å². The summed E-state index contributed by atoms with van der Waals surface area (Å²) in [7, 11) is 0. The quantitative estimate of drug-likeness (QED) is 0.759. The molecule has 0 radical (unpaired) electrons. The molecule has 1 aromatic rings. The molecular weight excluding hydrogens is 216 g/mol. The highest BCUT2D eigenvalue weighted by atomic mass is 16.5. The van der Waals surface area contributed by atoms with Crippen molar-refractivity contribution >= 4 is 5.57 Å². The standard InChI is InChI=1S/C14H20O3/c1-2-12(13-6-4-3-5-7-13)8-9-17-14(10-15)11-16/h2-7,14-16H,8-11H2,1H3/b12-2+. The van der Waals surface area contributed by atoms with Crippen LogP contribution in [0.2, 0.25) is 0 Å². The van der Waals surface area contributed by atoms with Crippen molar-refractivity contribution in [2.75, 3.05) is 19.8 Å². The van der Waals surface area contributed by atoms with E-state index in [0.717, 1.165) is 6.42 Å². The van der Waals surface area contributed by atoms with E-state index >= 15 is 0 Å². The van der Waals surface area contributed by atoms with Crippen LogP contribution < -0.4 is 0 Å². The molecule has 0 atom stereocenters. The highest BCUT2D eigenvalue weighted by molar-refractivity contribution is 5.65. The average Bonchev–Trinajstić information content (AvgIpc) is 2.40. The van der Waals surface area contributed by atoms with Crippen LogP contribution >= 0.6 is 0 Å². The maximum absolute atomic E-state index is 8.87. The Kier molecular flexibility index (Phi) is 6.55. The van der Waals surface area contributed by atoms with Crippen LogP contribution in [0.1, 0.15) is 18.9 Å². The molecule has 0 aliphatic carbocycles. The zero-order valence-electron chi connectivity index (χ0n) is 10.2. The highest BCUT2D eigenvalue weighted by Crippen LogP contribution is 2.17. The van der Waals surface area contributed by atoms with Crippen LogP contribution in [0.4, 0.5) is 0 Å². The average molecular weight is 236 g/mol. The minimum atomic E-state index is -0.469. The number of rotatable bonds is 7. The molecule has 0 amide bonds. The van der Waals surface area contributed by atoms with E-state index in [1.165, 1.54) is 11.1 Å². The van der Waals surface area contributed by atoms with Gasteiger partial charge in [0, 0.05) is 0 Å². The van der Waals surface area contributed by atoms with Crippen molar-refractivity contribution < 1.29 is 14.9 Å². The lowest BCUT2D eigenvalue weighted by Gasteiger charge is -2.13. The Labute approximate surface area is 102 Å². The van der Waals surface area contributed by atoms with Gasteiger partial charge in [-0.25, -0.2) is 0 Å². The number of allylic oxidation sites excluding steroid dienone is 1. The molecule has 0 saturated carbocycles. The SMILES string of the molecule is C/C=C(\CCOC(CO)CO)c1ccccc1. The minimum absolute atomic E-state index is 0.146. The lowest BCUT2D eigenvalue weighted by Crippen LogP contribution is -2.22. The van der Waals surface area contributed by atoms with E-state index in [-0.39, 0.29) is 13.2 Å². The van der Waals surface area contributed by atoms with Gasteiger partial charge in [-0.3, -0.25) is 0 Å². The van der Waals surface area contributed by atoms with Crippen LogP contribution in [-0.2, 0) is 4.74 Å². The lowest BCUT2D eigenvalue weighted by molar-refractivity contribution is -0.0171. The van der Waals surface area contributed by atoms with Gasteiger partial charge in [0.05, 0.1) is 19.8 Å². The molecule has 17 heavy (non-hydrogen) atoms. The largest absolute Gasteiger partial charge is 0.394 e. The molecular formula is C14H20O3. The number of aliphatic hydroxyl groups is 2. The predicted octanol–water partition coefficient (Wildman–Crippen LogP) is 1.85. The van der Waals surface area contributed by atoms with E-state index in [1.807, 2.05) is 25.1 Å². The van der Waals surface area contributed by atoms with Gasteiger partial charge in [-0.05, 0) is 24.5 Å². The van der Waals surface area contributed by atoms with Crippen molar-refractivity contribution in [1.29, 1.82) is 0 Å². The van der Waals surface area contributed by atoms with E-state index in [4.69, 9.17) is 14.9 Å². The topological polar surface area (TPSA) is 49.7 Å². The summed E-state index contributed by atoms with van der Waals surface area (Å²) in [5.74, 6) is 0. The molecule has 0 spiro atoms. The summed E-state index contributed by atoms with van der Waals surface area (Å²) in [6.07, 6.45) is 2.37. The third-order valence-electron chi connectivity index (χ3n) is 2.63. The van der Waals surface area contributed by atoms with E-state index in [2.05, 4.69) is 18.2 Å². The summed E-state index contributed by atoms with van der Waals surface area (Å²) in [6.45, 7) is 2.21. The summed E-state index contributed by atoms with van der Waals surface area (Å²) in [4.78, 5) is 0. The molecule has 2 N–H and O–H groups in total. The van der Waals surface area contributed by atoms with Gasteiger partial charge in [0.2, 0.25) is 0 Å². The van der Waals surface area contributed by atoms with Crippen molar-refractivity contribution in [2.45, 2.75) is 19.4 Å². The lowest BCUT2D eigenvalue weighted by atomic mass is 10.0. The predicted molar refractivity (Wildman–Crippen MR) is 68.6 cm³/mol. The van der Waals surface area contributed by atoms with Gasteiger partial charge in [0.15, 0.2) is 0 Å². The van der Waals surface area contributed by atoms with Gasteiger partial charge >= 0.3 is 0 Å². The molecule has 0 unspecified atom stereocenters. The first-order chi connectivity index (χ1) is 8.31. The Morgan fingerprint density at radius 2 is 1.88 bits per heavy atom. The van der Waals surface area contributed by atoms with E-state index in [1.54, 1.807) is 0 Å². The third kappa shape index (κ3) is 4.69. The van der Waals surface area contributed by atoms with Gasteiger partial charge in [-0.2, -0.15) is 0 Å². The highest BCUT2D eigenvalue weighted by Gasteiger charge is 2.06. The van der Waals surface area contributed by atoms with Crippen LogP contribution in [0.3, 0.4) is 0 Å². The van der Waals surface area contributed by atoms with Crippen LogP contribution in [0, 0.1) is 0 Å². The van der Waals surface area contributed by atoms with Crippen LogP contribution in [0.5, 0.6) is 0 Å². The van der Waals surface area contributed by atoms with Crippen LogP contribution in [0.15, 0.2) is 36.4 Å². The molecule has 0 aliphatic heterocycles. The Bertz CT molecular complexity index is 329. The maximum Gasteiger partial charge on any atom is 0.104 e. The first-order valence-electron chi connectivity index (χ1n) is 5.85. The number of ether oxygens (including phenoxy) is 1. The second kappa shape index (κ2) is 8.01. The number of hydrogen-bond acceptors (Lipinski definition) is 3. The fourth-order valence-electron chi connectivity index (χ4n) is 1.61. The van der Waals surface area contributed by atoms with Crippen molar-refractivity contribution in [2.24, 2.45) is 0 Å². The van der Waals surface area contributed by atoms with Crippen molar-refractivity contribution in [3.63, 3.8) is 0 Å². The molecule has 0 saturated heterocycles. The molecule has 0 aromatic heterocycles. The third-order valence-corrected chi connectivity index (χ3v) is 2.63. The molecule has 94 valence electrons. The van der Waals surface area contributed by atoms with Gasteiger partial charge in [0.25, 0.3) is 0 Å². The molecule has 3 nitrogen and oxygen atoms in total. The Hall–Kier alpha value is -1.16. The molecule has 3 heteroatoms. The maximum atomic E-state index is 8.87. The summed E-state index contributed by atoms with van der Waals surface area (Å²) in [6, 6.07) is 10.1. The summed E-state index contributed by atoms with van der Waals surface area (Å²) in [5.41, 5.74) is 2.39. The Morgan fingerprint density at radius 3 is 2.41 bits per heavy atom. The molecule has 1 aromatic carbocycles. The number of hydrogen-bond donors (Lipinski definition) is 2. The smallest absolute Gasteiger partial charge is 0.104 e. The van der Waals surface area contributed by atoms with Crippen molar-refractivity contribution in [1.82, 2.24) is 0 Å². The first-order valence-corrected chi connectivity index (χ1v) is 5.85. The fraction of sp³-hybridized carbons (Fsp3) is 0.429. The fourth-order valence-corrected chi connectivity index (χ4v) is 1.61. The van der Waals surface area contributed by atoms with E-state index in [0.29, 0.717) is 6.61 Å². The zero-order chi connectivity index (χ0) is 12.5. The molecule has 1 rings (SSSR count).